The van der Waals surface area contributed by atoms with E-state index in [1.807, 2.05) is 18.2 Å². The smallest absolute Gasteiger partial charge is 0.0290 e. The minimum atomic E-state index is 0.313. The monoisotopic (exact) mass is 263 g/mol. The molecule has 1 atom stereocenters. The molecule has 0 aliphatic carbocycles. The number of nitrogens with one attached hydrogen (secondary N) is 1. The maximum Gasteiger partial charge on any atom is 0.0290 e. The maximum atomic E-state index is 3.84. The van der Waals surface area contributed by atoms with E-state index in [4.69, 9.17) is 0 Å². The van der Waals surface area contributed by atoms with E-state index in [1.54, 1.807) is 0 Å². The third-order valence-electron chi connectivity index (χ3n) is 3.15. The molecular weight excluding hydrogens is 242 g/mol. The van der Waals surface area contributed by atoms with Gasteiger partial charge in [-0.3, -0.25) is 0 Å². The average Bonchev–Trinajstić information content (AvgIpc) is 2.52. The summed E-state index contributed by atoms with van der Waals surface area (Å²) >= 11 is 0. The van der Waals surface area contributed by atoms with Crippen LogP contribution in [0.4, 0.5) is 0 Å². The van der Waals surface area contributed by atoms with Gasteiger partial charge < -0.3 is 5.32 Å². The zero-order chi connectivity index (χ0) is 14.0. The van der Waals surface area contributed by atoms with Gasteiger partial charge in [-0.05, 0) is 17.5 Å². The van der Waals surface area contributed by atoms with Gasteiger partial charge in [0.25, 0.3) is 0 Å². The summed E-state index contributed by atoms with van der Waals surface area (Å²) in [6, 6.07) is 21.1. The van der Waals surface area contributed by atoms with E-state index in [-0.39, 0.29) is 0 Å². The summed E-state index contributed by atoms with van der Waals surface area (Å²) in [7, 11) is 0. The Hall–Kier alpha value is -2.12. The van der Waals surface area contributed by atoms with Gasteiger partial charge in [0.1, 0.15) is 0 Å². The van der Waals surface area contributed by atoms with Crippen molar-refractivity contribution in [3.63, 3.8) is 0 Å². The lowest BCUT2D eigenvalue weighted by molar-refractivity contribution is 0.600. The van der Waals surface area contributed by atoms with Crippen LogP contribution in [0.5, 0.6) is 0 Å². The van der Waals surface area contributed by atoms with Crippen molar-refractivity contribution in [2.75, 3.05) is 0 Å². The van der Waals surface area contributed by atoms with Crippen molar-refractivity contribution in [3.05, 3.63) is 90.5 Å². The van der Waals surface area contributed by atoms with Crippen LogP contribution >= 0.6 is 0 Å². The lowest BCUT2D eigenvalue weighted by atomic mass is 10.1. The highest BCUT2D eigenvalue weighted by molar-refractivity contribution is 5.49. The first kappa shape index (κ1) is 14.3. The van der Waals surface area contributed by atoms with Crippen LogP contribution in [0.1, 0.15) is 17.5 Å². The molecule has 0 aliphatic heterocycles. The second-order valence-corrected chi connectivity index (χ2v) is 4.77. The van der Waals surface area contributed by atoms with Gasteiger partial charge in [0.2, 0.25) is 0 Å². The van der Waals surface area contributed by atoms with E-state index in [1.165, 1.54) is 11.1 Å². The Bertz CT molecular complexity index is 528. The van der Waals surface area contributed by atoms with E-state index in [0.717, 1.165) is 13.0 Å². The van der Waals surface area contributed by atoms with Crippen LogP contribution in [0, 0.1) is 0 Å². The third kappa shape index (κ3) is 4.87. The first-order valence-corrected chi connectivity index (χ1v) is 7.00. The zero-order valence-electron chi connectivity index (χ0n) is 11.7. The first-order chi connectivity index (χ1) is 9.88. The third-order valence-corrected chi connectivity index (χ3v) is 3.15. The van der Waals surface area contributed by atoms with Crippen LogP contribution in [-0.4, -0.2) is 6.04 Å². The summed E-state index contributed by atoms with van der Waals surface area (Å²) in [5, 5.41) is 3.55. The quantitative estimate of drug-likeness (QED) is 0.728. The average molecular weight is 263 g/mol. The van der Waals surface area contributed by atoms with E-state index in [0.29, 0.717) is 6.04 Å². The Kier molecular flexibility index (Phi) is 5.81. The molecule has 0 bridgehead atoms. The second kappa shape index (κ2) is 8.13. The molecule has 0 aromatic heterocycles. The van der Waals surface area contributed by atoms with Gasteiger partial charge in [-0.15, -0.1) is 6.58 Å². The molecular formula is C19H21N. The Labute approximate surface area is 121 Å². The molecule has 0 radical (unpaired) electrons. The molecule has 2 aromatic rings. The molecule has 1 heteroatoms. The standard InChI is InChI=1S/C19H21N/c1-2-9-19(15-14-17-10-5-3-6-11-17)20-16-18-12-7-4-8-13-18/h2-8,10-15,19-20H,1,9,16H2/b15-14+/t19-/m1/s1. The highest BCUT2D eigenvalue weighted by atomic mass is 14.9. The largest absolute Gasteiger partial charge is 0.306 e. The van der Waals surface area contributed by atoms with Gasteiger partial charge in [-0.2, -0.15) is 0 Å². The molecule has 0 spiro atoms. The number of hydrogen-bond acceptors (Lipinski definition) is 1. The summed E-state index contributed by atoms with van der Waals surface area (Å²) in [6.45, 7) is 4.71. The Balaban J connectivity index is 1.93. The predicted molar refractivity (Wildman–Crippen MR) is 87.4 cm³/mol. The summed E-state index contributed by atoms with van der Waals surface area (Å²) in [4.78, 5) is 0. The maximum absolute atomic E-state index is 3.84. The molecule has 0 aliphatic rings. The van der Waals surface area contributed by atoms with Crippen molar-refractivity contribution < 1.29 is 0 Å². The van der Waals surface area contributed by atoms with Crippen LogP contribution in [-0.2, 0) is 6.54 Å². The molecule has 1 N–H and O–H groups in total. The van der Waals surface area contributed by atoms with E-state index in [2.05, 4.69) is 72.6 Å². The topological polar surface area (TPSA) is 12.0 Å². The van der Waals surface area contributed by atoms with Gasteiger partial charge in [-0.25, -0.2) is 0 Å². The molecule has 0 saturated heterocycles. The highest BCUT2D eigenvalue weighted by Gasteiger charge is 2.01. The molecule has 1 nitrogen and oxygen atoms in total. The highest BCUT2D eigenvalue weighted by Crippen LogP contribution is 2.06. The molecule has 0 amide bonds. The van der Waals surface area contributed by atoms with Crippen molar-refractivity contribution in [1.82, 2.24) is 5.32 Å². The van der Waals surface area contributed by atoms with Crippen molar-refractivity contribution in [3.8, 4) is 0 Å². The number of benzene rings is 2. The van der Waals surface area contributed by atoms with Crippen LogP contribution < -0.4 is 5.32 Å². The summed E-state index contributed by atoms with van der Waals surface area (Å²) in [6.07, 6.45) is 7.25. The van der Waals surface area contributed by atoms with Gasteiger partial charge in [0.15, 0.2) is 0 Å². The molecule has 2 rings (SSSR count). The minimum Gasteiger partial charge on any atom is -0.306 e. The fourth-order valence-electron chi connectivity index (χ4n) is 2.05. The molecule has 2 aromatic carbocycles. The van der Waals surface area contributed by atoms with Crippen LogP contribution in [0.15, 0.2) is 79.4 Å². The number of rotatable bonds is 7. The van der Waals surface area contributed by atoms with E-state index >= 15 is 0 Å². The lowest BCUT2D eigenvalue weighted by Crippen LogP contribution is -2.25. The van der Waals surface area contributed by atoms with Crippen LogP contribution in [0.25, 0.3) is 6.08 Å². The van der Waals surface area contributed by atoms with Crippen molar-refractivity contribution in [2.24, 2.45) is 0 Å². The van der Waals surface area contributed by atoms with Gasteiger partial charge in [0.05, 0.1) is 0 Å². The number of hydrogen-bond donors (Lipinski definition) is 1. The summed E-state index contributed by atoms with van der Waals surface area (Å²) in [5.74, 6) is 0. The zero-order valence-corrected chi connectivity index (χ0v) is 11.7. The SMILES string of the molecule is C=CC[C@H](/C=C/c1ccccc1)NCc1ccccc1. The lowest BCUT2D eigenvalue weighted by Gasteiger charge is -2.13. The normalized spacial score (nSPS) is 12.4. The fraction of sp³-hybridized carbons (Fsp3) is 0.158. The Morgan fingerprint density at radius 1 is 0.950 bits per heavy atom. The van der Waals surface area contributed by atoms with Crippen molar-refractivity contribution >= 4 is 6.08 Å². The predicted octanol–water partition coefficient (Wildman–Crippen LogP) is 4.43. The molecule has 102 valence electrons. The molecule has 0 saturated carbocycles. The van der Waals surface area contributed by atoms with E-state index < -0.39 is 0 Å². The Morgan fingerprint density at radius 2 is 1.60 bits per heavy atom. The van der Waals surface area contributed by atoms with Gasteiger partial charge in [-0.1, -0.05) is 78.9 Å². The fourth-order valence-corrected chi connectivity index (χ4v) is 2.05. The Morgan fingerprint density at radius 3 is 2.25 bits per heavy atom. The molecule has 0 unspecified atom stereocenters. The van der Waals surface area contributed by atoms with Crippen LogP contribution in [0.2, 0.25) is 0 Å². The minimum absolute atomic E-state index is 0.313. The van der Waals surface area contributed by atoms with Crippen LogP contribution in [0.3, 0.4) is 0 Å². The molecule has 0 fully saturated rings. The first-order valence-electron chi connectivity index (χ1n) is 7.00. The second-order valence-electron chi connectivity index (χ2n) is 4.77. The summed E-state index contributed by atoms with van der Waals surface area (Å²) in [5.41, 5.74) is 2.53. The summed E-state index contributed by atoms with van der Waals surface area (Å²) < 4.78 is 0. The van der Waals surface area contributed by atoms with Crippen molar-refractivity contribution in [1.29, 1.82) is 0 Å². The molecule has 0 heterocycles. The molecule has 20 heavy (non-hydrogen) atoms. The van der Waals surface area contributed by atoms with Crippen molar-refractivity contribution in [2.45, 2.75) is 19.0 Å². The van der Waals surface area contributed by atoms with Gasteiger partial charge >= 0.3 is 0 Å². The van der Waals surface area contributed by atoms with E-state index in [9.17, 15) is 0 Å². The van der Waals surface area contributed by atoms with Gasteiger partial charge in [0, 0.05) is 12.6 Å².